The van der Waals surface area contributed by atoms with Gasteiger partial charge in [0.05, 0.1) is 23.9 Å². The molecule has 0 saturated carbocycles. The van der Waals surface area contributed by atoms with Crippen LogP contribution in [-0.4, -0.2) is 22.5 Å². The Morgan fingerprint density at radius 2 is 2.00 bits per heavy atom. The number of aromatic nitrogens is 2. The molecule has 21 heavy (non-hydrogen) atoms. The molecule has 0 saturated heterocycles. The van der Waals surface area contributed by atoms with Gasteiger partial charge in [-0.15, -0.1) is 11.6 Å². The van der Waals surface area contributed by atoms with E-state index in [1.807, 2.05) is 19.1 Å². The van der Waals surface area contributed by atoms with Gasteiger partial charge in [0, 0.05) is 5.56 Å². The van der Waals surface area contributed by atoms with Crippen molar-refractivity contribution < 1.29 is 9.53 Å². The molecule has 0 spiro atoms. The van der Waals surface area contributed by atoms with Crippen molar-refractivity contribution in [2.45, 2.75) is 19.7 Å². The molecule has 0 atom stereocenters. The van der Waals surface area contributed by atoms with Crippen LogP contribution in [0.2, 0.25) is 0 Å². The number of ether oxygens (including phenoxy) is 1. The first-order chi connectivity index (χ1) is 10.1. The molecule has 1 aromatic carbocycles. The van der Waals surface area contributed by atoms with Gasteiger partial charge in [-0.3, -0.25) is 0 Å². The second kappa shape index (κ2) is 6.54. The van der Waals surface area contributed by atoms with Crippen molar-refractivity contribution in [3.63, 3.8) is 0 Å². The highest BCUT2D eigenvalue weighted by Crippen LogP contribution is 2.24. The van der Waals surface area contributed by atoms with Crippen molar-refractivity contribution >= 4 is 17.6 Å². The maximum absolute atomic E-state index is 12.2. The molecule has 0 aliphatic heterocycles. The number of benzene rings is 1. The number of H-pyrrole nitrogens is 1. The fraction of sp³-hybridized carbons (Fsp3) is 0.267. The summed E-state index contributed by atoms with van der Waals surface area (Å²) in [6.45, 7) is 3.89. The Kier molecular flexibility index (Phi) is 4.75. The largest absolute Gasteiger partial charge is 0.462 e. The quantitative estimate of drug-likeness (QED) is 0.696. The Bertz CT molecular complexity index is 708. The number of hydrogen-bond donors (Lipinski definition) is 1. The molecule has 0 aliphatic rings. The third-order valence-corrected chi connectivity index (χ3v) is 3.22. The molecule has 1 heterocycles. The van der Waals surface area contributed by atoms with Gasteiger partial charge in [-0.2, -0.15) is 4.98 Å². The topological polar surface area (TPSA) is 72.0 Å². The van der Waals surface area contributed by atoms with E-state index in [9.17, 15) is 9.59 Å². The zero-order chi connectivity index (χ0) is 15.4. The summed E-state index contributed by atoms with van der Waals surface area (Å²) < 4.78 is 5.04. The van der Waals surface area contributed by atoms with Crippen LogP contribution in [0.25, 0.3) is 11.3 Å². The summed E-state index contributed by atoms with van der Waals surface area (Å²) in [6, 6.07) is 7.37. The maximum Gasteiger partial charge on any atom is 0.345 e. The summed E-state index contributed by atoms with van der Waals surface area (Å²) >= 11 is 5.83. The Balaban J connectivity index is 2.68. The van der Waals surface area contributed by atoms with E-state index >= 15 is 0 Å². The minimum absolute atomic E-state index is 0.00916. The fourth-order valence-electron chi connectivity index (χ4n) is 1.96. The van der Waals surface area contributed by atoms with Crippen molar-refractivity contribution in [1.82, 2.24) is 9.97 Å². The van der Waals surface area contributed by atoms with Gasteiger partial charge < -0.3 is 9.72 Å². The van der Waals surface area contributed by atoms with Crippen LogP contribution in [0.1, 0.15) is 28.5 Å². The van der Waals surface area contributed by atoms with Crippen LogP contribution < -0.4 is 5.69 Å². The summed E-state index contributed by atoms with van der Waals surface area (Å²) in [5.41, 5.74) is 1.99. The summed E-state index contributed by atoms with van der Waals surface area (Å²) in [5, 5.41) is 0. The number of carbonyl (C=O) groups excluding carboxylic acids is 1. The molecule has 6 heteroatoms. The van der Waals surface area contributed by atoms with Gasteiger partial charge in [0.1, 0.15) is 5.56 Å². The van der Waals surface area contributed by atoms with E-state index in [0.717, 1.165) is 5.56 Å². The molecule has 0 unspecified atom stereocenters. The lowest BCUT2D eigenvalue weighted by Gasteiger charge is -2.11. The first kappa shape index (κ1) is 15.3. The first-order valence-corrected chi connectivity index (χ1v) is 7.03. The predicted octanol–water partition coefficient (Wildman–Crippen LogP) is 2.66. The van der Waals surface area contributed by atoms with Crippen molar-refractivity contribution in [2.24, 2.45) is 0 Å². The number of carbonyl (C=O) groups is 1. The van der Waals surface area contributed by atoms with E-state index in [4.69, 9.17) is 16.3 Å². The summed E-state index contributed by atoms with van der Waals surface area (Å²) in [7, 11) is 0. The average Bonchev–Trinajstić information content (AvgIpc) is 2.47. The lowest BCUT2D eigenvalue weighted by Crippen LogP contribution is -2.20. The Labute approximate surface area is 126 Å². The van der Waals surface area contributed by atoms with Crippen LogP contribution >= 0.6 is 11.6 Å². The molecule has 5 nitrogen and oxygen atoms in total. The van der Waals surface area contributed by atoms with E-state index in [-0.39, 0.29) is 23.7 Å². The van der Waals surface area contributed by atoms with Crippen LogP contribution in [-0.2, 0) is 10.6 Å². The molecule has 0 fully saturated rings. The van der Waals surface area contributed by atoms with Crippen LogP contribution in [0.3, 0.4) is 0 Å². The lowest BCUT2D eigenvalue weighted by molar-refractivity contribution is 0.0525. The molecule has 0 amide bonds. The summed E-state index contributed by atoms with van der Waals surface area (Å²) in [6.07, 6.45) is 0. The third kappa shape index (κ3) is 3.31. The molecule has 2 aromatic rings. The Morgan fingerprint density at radius 1 is 1.33 bits per heavy atom. The van der Waals surface area contributed by atoms with Gasteiger partial charge in [-0.25, -0.2) is 9.59 Å². The van der Waals surface area contributed by atoms with Gasteiger partial charge in [-0.05, 0) is 13.8 Å². The standard InChI is InChI=1S/C15H15ClN2O3/c1-3-21-14(19)12-11(8-16)17-15(20)18-13(12)10-6-4-9(2)5-7-10/h4-7H,3,8H2,1-2H3,(H,17,18,20). The SMILES string of the molecule is CCOC(=O)c1c(-c2ccc(C)cc2)nc(=O)[nH]c1CCl. The lowest BCUT2D eigenvalue weighted by atomic mass is 10.0. The van der Waals surface area contributed by atoms with Gasteiger partial charge in [0.25, 0.3) is 0 Å². The molecule has 0 aliphatic carbocycles. The highest BCUT2D eigenvalue weighted by Gasteiger charge is 2.21. The molecular formula is C15H15ClN2O3. The smallest absolute Gasteiger partial charge is 0.345 e. The van der Waals surface area contributed by atoms with E-state index in [1.165, 1.54) is 0 Å². The number of nitrogens with zero attached hydrogens (tertiary/aromatic N) is 1. The Morgan fingerprint density at radius 3 is 2.57 bits per heavy atom. The van der Waals surface area contributed by atoms with Gasteiger partial charge in [0.2, 0.25) is 0 Å². The van der Waals surface area contributed by atoms with E-state index < -0.39 is 11.7 Å². The van der Waals surface area contributed by atoms with Crippen molar-refractivity contribution in [2.75, 3.05) is 6.61 Å². The van der Waals surface area contributed by atoms with Crippen LogP contribution in [0.15, 0.2) is 29.1 Å². The number of aromatic amines is 1. The molecule has 0 bridgehead atoms. The van der Waals surface area contributed by atoms with Gasteiger partial charge in [-0.1, -0.05) is 29.8 Å². The van der Waals surface area contributed by atoms with Crippen LogP contribution in [0.5, 0.6) is 0 Å². The molecule has 0 radical (unpaired) electrons. The minimum atomic E-state index is -0.549. The van der Waals surface area contributed by atoms with Crippen molar-refractivity contribution in [3.05, 3.63) is 51.6 Å². The molecule has 110 valence electrons. The number of aryl methyl sites for hydroxylation is 1. The monoisotopic (exact) mass is 306 g/mol. The van der Waals surface area contributed by atoms with E-state index in [2.05, 4.69) is 9.97 Å². The first-order valence-electron chi connectivity index (χ1n) is 6.50. The average molecular weight is 307 g/mol. The maximum atomic E-state index is 12.2. The number of rotatable bonds is 4. The highest BCUT2D eigenvalue weighted by atomic mass is 35.5. The number of esters is 1. The molecular weight excluding hydrogens is 292 g/mol. The fourth-order valence-corrected chi connectivity index (χ4v) is 2.16. The zero-order valence-corrected chi connectivity index (χ0v) is 12.5. The molecule has 1 aromatic heterocycles. The van der Waals surface area contributed by atoms with Crippen molar-refractivity contribution in [1.29, 1.82) is 0 Å². The van der Waals surface area contributed by atoms with Crippen LogP contribution in [0, 0.1) is 6.92 Å². The van der Waals surface area contributed by atoms with Crippen LogP contribution in [0.4, 0.5) is 0 Å². The third-order valence-electron chi connectivity index (χ3n) is 2.95. The highest BCUT2D eigenvalue weighted by molar-refractivity contribution is 6.17. The van der Waals surface area contributed by atoms with Gasteiger partial charge >= 0.3 is 11.7 Å². The van der Waals surface area contributed by atoms with E-state index in [0.29, 0.717) is 11.3 Å². The van der Waals surface area contributed by atoms with Gasteiger partial charge in [0.15, 0.2) is 0 Å². The van der Waals surface area contributed by atoms with E-state index in [1.54, 1.807) is 19.1 Å². The Hall–Kier alpha value is -2.14. The number of halogens is 1. The number of hydrogen-bond acceptors (Lipinski definition) is 4. The predicted molar refractivity (Wildman–Crippen MR) is 80.5 cm³/mol. The second-order valence-electron chi connectivity index (χ2n) is 4.46. The number of alkyl halides is 1. The minimum Gasteiger partial charge on any atom is -0.462 e. The number of nitrogens with one attached hydrogen (secondary N) is 1. The molecule has 2 rings (SSSR count). The normalized spacial score (nSPS) is 10.4. The summed E-state index contributed by atoms with van der Waals surface area (Å²) in [5.74, 6) is -0.558. The summed E-state index contributed by atoms with van der Waals surface area (Å²) in [4.78, 5) is 30.2. The van der Waals surface area contributed by atoms with Crippen molar-refractivity contribution in [3.8, 4) is 11.3 Å². The molecule has 1 N–H and O–H groups in total. The zero-order valence-electron chi connectivity index (χ0n) is 11.8. The second-order valence-corrected chi connectivity index (χ2v) is 4.73.